The summed E-state index contributed by atoms with van der Waals surface area (Å²) >= 11 is 0. The third-order valence-corrected chi connectivity index (χ3v) is 4.56. The monoisotopic (exact) mass is 303 g/mol. The van der Waals surface area contributed by atoms with Crippen LogP contribution in [0.25, 0.3) is 0 Å². The van der Waals surface area contributed by atoms with Crippen LogP contribution in [-0.4, -0.2) is 18.6 Å². The second-order valence-corrected chi connectivity index (χ2v) is 6.58. The van der Waals surface area contributed by atoms with Crippen LogP contribution in [0.15, 0.2) is 24.3 Å². The fraction of sp³-hybridized carbons (Fsp3) is 0.632. The number of carbonyl (C=O) groups excluding carboxylic acids is 1. The zero-order chi connectivity index (χ0) is 15.9. The minimum atomic E-state index is -0.00872. The van der Waals surface area contributed by atoms with Crippen LogP contribution in [-0.2, 0) is 16.1 Å². The standard InChI is InChI=1S/C19H29NO2/c1-4-22-19(21)16-8-10-18(11-9-16)20-13-15-6-5-7-17(12-15)14(2)3/h5-7,12,14,16,18,20H,4,8-11,13H2,1-3H3. The Labute approximate surface area is 134 Å². The van der Waals surface area contributed by atoms with Crippen LogP contribution in [0.5, 0.6) is 0 Å². The van der Waals surface area contributed by atoms with Crippen LogP contribution < -0.4 is 5.32 Å². The third-order valence-electron chi connectivity index (χ3n) is 4.56. The molecule has 1 aliphatic carbocycles. The van der Waals surface area contributed by atoms with Gasteiger partial charge in [-0.05, 0) is 49.7 Å². The molecule has 1 N–H and O–H groups in total. The molecule has 22 heavy (non-hydrogen) atoms. The molecule has 1 saturated carbocycles. The number of ether oxygens (including phenoxy) is 1. The molecule has 3 nitrogen and oxygen atoms in total. The summed E-state index contributed by atoms with van der Waals surface area (Å²) in [5, 5.41) is 3.64. The van der Waals surface area contributed by atoms with Crippen molar-refractivity contribution in [1.82, 2.24) is 5.32 Å². The van der Waals surface area contributed by atoms with Crippen LogP contribution in [0.1, 0.15) is 63.5 Å². The summed E-state index contributed by atoms with van der Waals surface area (Å²) < 4.78 is 5.12. The Morgan fingerprint density at radius 3 is 2.64 bits per heavy atom. The van der Waals surface area contributed by atoms with Gasteiger partial charge in [-0.1, -0.05) is 38.1 Å². The summed E-state index contributed by atoms with van der Waals surface area (Å²) in [5.74, 6) is 0.674. The number of hydrogen-bond acceptors (Lipinski definition) is 3. The fourth-order valence-electron chi connectivity index (χ4n) is 3.12. The van der Waals surface area contributed by atoms with Gasteiger partial charge < -0.3 is 10.1 Å². The fourth-order valence-corrected chi connectivity index (χ4v) is 3.12. The first kappa shape index (κ1) is 17.0. The topological polar surface area (TPSA) is 38.3 Å². The van der Waals surface area contributed by atoms with Gasteiger partial charge in [0, 0.05) is 12.6 Å². The number of carbonyl (C=O) groups is 1. The van der Waals surface area contributed by atoms with E-state index in [9.17, 15) is 4.79 Å². The van der Waals surface area contributed by atoms with E-state index in [0.717, 1.165) is 32.2 Å². The molecule has 1 aromatic rings. The Bertz CT molecular complexity index is 476. The quantitative estimate of drug-likeness (QED) is 0.807. The highest BCUT2D eigenvalue weighted by atomic mass is 16.5. The minimum absolute atomic E-state index is 0.00872. The van der Waals surface area contributed by atoms with E-state index < -0.39 is 0 Å². The molecule has 2 rings (SSSR count). The van der Waals surface area contributed by atoms with Crippen molar-refractivity contribution in [2.75, 3.05) is 6.61 Å². The molecule has 0 bridgehead atoms. The van der Waals surface area contributed by atoms with Gasteiger partial charge in [0.25, 0.3) is 0 Å². The molecule has 0 heterocycles. The van der Waals surface area contributed by atoms with E-state index in [1.807, 2.05) is 6.92 Å². The molecule has 0 spiro atoms. The SMILES string of the molecule is CCOC(=O)C1CCC(NCc2cccc(C(C)C)c2)CC1. The van der Waals surface area contributed by atoms with Gasteiger partial charge in [0.05, 0.1) is 12.5 Å². The second kappa shape index (κ2) is 8.33. The predicted molar refractivity (Wildman–Crippen MR) is 89.7 cm³/mol. The molecule has 0 radical (unpaired) electrons. The summed E-state index contributed by atoms with van der Waals surface area (Å²) in [6, 6.07) is 9.33. The van der Waals surface area contributed by atoms with Crippen molar-refractivity contribution < 1.29 is 9.53 Å². The number of esters is 1. The molecule has 1 fully saturated rings. The maximum atomic E-state index is 11.7. The molecule has 1 aromatic carbocycles. The van der Waals surface area contributed by atoms with E-state index in [2.05, 4.69) is 43.4 Å². The van der Waals surface area contributed by atoms with Gasteiger partial charge in [-0.25, -0.2) is 0 Å². The van der Waals surface area contributed by atoms with E-state index >= 15 is 0 Å². The van der Waals surface area contributed by atoms with Gasteiger partial charge in [0.2, 0.25) is 0 Å². The van der Waals surface area contributed by atoms with Gasteiger partial charge in [0.1, 0.15) is 0 Å². The Morgan fingerprint density at radius 2 is 2.00 bits per heavy atom. The van der Waals surface area contributed by atoms with Gasteiger partial charge >= 0.3 is 5.97 Å². The molecule has 0 aliphatic heterocycles. The zero-order valence-corrected chi connectivity index (χ0v) is 14.1. The van der Waals surface area contributed by atoms with Crippen LogP contribution in [0, 0.1) is 5.92 Å². The number of hydrogen-bond donors (Lipinski definition) is 1. The summed E-state index contributed by atoms with van der Waals surface area (Å²) in [5.41, 5.74) is 2.74. The average Bonchev–Trinajstić information content (AvgIpc) is 2.54. The Hall–Kier alpha value is -1.35. The highest BCUT2D eigenvalue weighted by molar-refractivity contribution is 5.72. The lowest BCUT2D eigenvalue weighted by atomic mass is 9.86. The van der Waals surface area contributed by atoms with Crippen molar-refractivity contribution >= 4 is 5.97 Å². The third kappa shape index (κ3) is 4.84. The smallest absolute Gasteiger partial charge is 0.308 e. The highest BCUT2D eigenvalue weighted by Crippen LogP contribution is 2.25. The van der Waals surface area contributed by atoms with Gasteiger partial charge in [0.15, 0.2) is 0 Å². The lowest BCUT2D eigenvalue weighted by Gasteiger charge is -2.28. The maximum absolute atomic E-state index is 11.7. The van der Waals surface area contributed by atoms with Gasteiger partial charge in [-0.2, -0.15) is 0 Å². The van der Waals surface area contributed by atoms with Crippen molar-refractivity contribution in [3.8, 4) is 0 Å². The molecule has 3 heteroatoms. The van der Waals surface area contributed by atoms with Gasteiger partial charge in [-0.3, -0.25) is 4.79 Å². The van der Waals surface area contributed by atoms with Crippen molar-refractivity contribution in [1.29, 1.82) is 0 Å². The summed E-state index contributed by atoms with van der Waals surface area (Å²) in [4.78, 5) is 11.7. The van der Waals surface area contributed by atoms with Crippen LogP contribution in [0.4, 0.5) is 0 Å². The molecule has 122 valence electrons. The van der Waals surface area contributed by atoms with Crippen molar-refractivity contribution in [3.63, 3.8) is 0 Å². The molecule has 0 amide bonds. The molecule has 0 atom stereocenters. The first-order valence-electron chi connectivity index (χ1n) is 8.59. The largest absolute Gasteiger partial charge is 0.466 e. The molecular formula is C19H29NO2. The van der Waals surface area contributed by atoms with Gasteiger partial charge in [-0.15, -0.1) is 0 Å². The predicted octanol–water partition coefficient (Wildman–Crippen LogP) is 4.02. The van der Waals surface area contributed by atoms with Crippen molar-refractivity contribution in [3.05, 3.63) is 35.4 Å². The van der Waals surface area contributed by atoms with Crippen molar-refractivity contribution in [2.45, 2.75) is 65.0 Å². The Kier molecular flexibility index (Phi) is 6.44. The van der Waals surface area contributed by atoms with E-state index in [0.29, 0.717) is 18.6 Å². The van der Waals surface area contributed by atoms with E-state index in [-0.39, 0.29) is 11.9 Å². The summed E-state index contributed by atoms with van der Waals surface area (Å²) in [7, 11) is 0. The summed E-state index contributed by atoms with van der Waals surface area (Å²) in [6.45, 7) is 7.72. The van der Waals surface area contributed by atoms with E-state index in [1.165, 1.54) is 11.1 Å². The Morgan fingerprint density at radius 1 is 1.27 bits per heavy atom. The minimum Gasteiger partial charge on any atom is -0.466 e. The Balaban J connectivity index is 1.77. The summed E-state index contributed by atoms with van der Waals surface area (Å²) in [6.07, 6.45) is 4.02. The zero-order valence-electron chi connectivity index (χ0n) is 14.1. The lowest BCUT2D eigenvalue weighted by molar-refractivity contribution is -0.149. The first-order chi connectivity index (χ1) is 10.6. The first-order valence-corrected chi connectivity index (χ1v) is 8.59. The van der Waals surface area contributed by atoms with Crippen LogP contribution >= 0.6 is 0 Å². The maximum Gasteiger partial charge on any atom is 0.308 e. The molecular weight excluding hydrogens is 274 g/mol. The molecule has 1 aliphatic rings. The normalized spacial score (nSPS) is 21.8. The van der Waals surface area contributed by atoms with E-state index in [4.69, 9.17) is 4.74 Å². The number of nitrogens with one attached hydrogen (secondary N) is 1. The highest BCUT2D eigenvalue weighted by Gasteiger charge is 2.26. The number of rotatable bonds is 6. The number of benzene rings is 1. The molecule has 0 aromatic heterocycles. The van der Waals surface area contributed by atoms with Crippen molar-refractivity contribution in [2.24, 2.45) is 5.92 Å². The molecule has 0 saturated heterocycles. The average molecular weight is 303 g/mol. The van der Waals surface area contributed by atoms with Crippen LogP contribution in [0.3, 0.4) is 0 Å². The lowest BCUT2D eigenvalue weighted by Crippen LogP contribution is -2.35. The molecule has 0 unspecified atom stereocenters. The van der Waals surface area contributed by atoms with Crippen LogP contribution in [0.2, 0.25) is 0 Å². The second-order valence-electron chi connectivity index (χ2n) is 6.58. The van der Waals surface area contributed by atoms with E-state index in [1.54, 1.807) is 0 Å².